The molecule has 2 atom stereocenters. The Bertz CT molecular complexity index is 383. The molecule has 1 N–H and O–H groups in total. The van der Waals surface area contributed by atoms with Crippen LogP contribution >= 0.6 is 0 Å². The summed E-state index contributed by atoms with van der Waals surface area (Å²) in [5.74, 6) is 1.17. The molecule has 1 saturated carbocycles. The van der Waals surface area contributed by atoms with Gasteiger partial charge in [-0.3, -0.25) is 0 Å². The lowest BCUT2D eigenvalue weighted by Crippen LogP contribution is -2.33. The number of para-hydroxylation sites is 1. The van der Waals surface area contributed by atoms with Crippen LogP contribution in [0, 0.1) is 12.8 Å². The molecule has 0 amide bonds. The van der Waals surface area contributed by atoms with E-state index in [1.807, 2.05) is 13.0 Å². The molecule has 16 heavy (non-hydrogen) atoms. The molecule has 2 rings (SSSR count). The molecule has 1 aromatic rings. The molecule has 88 valence electrons. The summed E-state index contributed by atoms with van der Waals surface area (Å²) in [5.41, 5.74) is 2.31. The van der Waals surface area contributed by atoms with Gasteiger partial charge < -0.3 is 5.11 Å². The van der Waals surface area contributed by atoms with E-state index in [9.17, 15) is 5.11 Å². The fraction of sp³-hybridized carbons (Fsp3) is 0.600. The predicted molar refractivity (Wildman–Crippen MR) is 67.8 cm³/mol. The molecule has 1 aliphatic carbocycles. The minimum Gasteiger partial charge on any atom is -0.507 e. The van der Waals surface area contributed by atoms with Gasteiger partial charge in [0.1, 0.15) is 5.75 Å². The topological polar surface area (TPSA) is 20.2 Å². The van der Waals surface area contributed by atoms with Crippen LogP contribution < -0.4 is 0 Å². The third-order valence-electron chi connectivity index (χ3n) is 4.52. The fourth-order valence-corrected chi connectivity index (χ4v) is 3.03. The molecule has 0 saturated heterocycles. The Hall–Kier alpha value is -0.980. The lowest BCUT2D eigenvalue weighted by molar-refractivity contribution is 0.215. The van der Waals surface area contributed by atoms with Gasteiger partial charge in [0.15, 0.2) is 0 Å². The zero-order valence-electron chi connectivity index (χ0n) is 10.6. The number of benzene rings is 1. The van der Waals surface area contributed by atoms with Crippen molar-refractivity contribution in [2.24, 2.45) is 5.92 Å². The quantitative estimate of drug-likeness (QED) is 0.750. The summed E-state index contributed by atoms with van der Waals surface area (Å²) in [6.45, 7) is 6.61. The van der Waals surface area contributed by atoms with Crippen LogP contribution in [0.1, 0.15) is 50.7 Å². The zero-order chi connectivity index (χ0) is 11.8. The van der Waals surface area contributed by atoms with Gasteiger partial charge in [-0.25, -0.2) is 0 Å². The number of aromatic hydroxyl groups is 1. The van der Waals surface area contributed by atoms with Crippen LogP contribution in [0.4, 0.5) is 0 Å². The van der Waals surface area contributed by atoms with E-state index >= 15 is 0 Å². The lowest BCUT2D eigenvalue weighted by atomic mass is 9.64. The van der Waals surface area contributed by atoms with Gasteiger partial charge in [0.2, 0.25) is 0 Å². The smallest absolute Gasteiger partial charge is 0.122 e. The highest BCUT2D eigenvalue weighted by Crippen LogP contribution is 2.46. The van der Waals surface area contributed by atoms with E-state index in [0.717, 1.165) is 11.1 Å². The van der Waals surface area contributed by atoms with E-state index in [1.54, 1.807) is 0 Å². The molecule has 1 fully saturated rings. The van der Waals surface area contributed by atoms with Crippen molar-refractivity contribution in [3.05, 3.63) is 29.3 Å². The maximum Gasteiger partial charge on any atom is 0.122 e. The van der Waals surface area contributed by atoms with Crippen molar-refractivity contribution in [1.82, 2.24) is 0 Å². The van der Waals surface area contributed by atoms with E-state index < -0.39 is 0 Å². The Morgan fingerprint density at radius 1 is 1.31 bits per heavy atom. The van der Waals surface area contributed by atoms with Crippen molar-refractivity contribution in [3.63, 3.8) is 0 Å². The van der Waals surface area contributed by atoms with Crippen LogP contribution in [0.15, 0.2) is 18.2 Å². The minimum absolute atomic E-state index is 0.161. The molecule has 0 heterocycles. The number of hydrogen-bond acceptors (Lipinski definition) is 1. The van der Waals surface area contributed by atoms with E-state index in [0.29, 0.717) is 11.7 Å². The molecule has 0 spiro atoms. The second kappa shape index (κ2) is 4.12. The third-order valence-corrected chi connectivity index (χ3v) is 4.52. The van der Waals surface area contributed by atoms with Crippen molar-refractivity contribution in [2.75, 3.05) is 0 Å². The standard InChI is InChI=1S/C15H22O/c1-11-7-6-9-13(14(11)16)15(3)10-5-4-8-12(15)2/h6-7,9,12,16H,4-5,8,10H2,1-3H3. The average Bonchev–Trinajstić information content (AvgIpc) is 2.26. The number of aryl methyl sites for hydroxylation is 1. The third kappa shape index (κ3) is 1.73. The van der Waals surface area contributed by atoms with Crippen LogP contribution in [0.25, 0.3) is 0 Å². The molecule has 1 aliphatic rings. The molecule has 1 nitrogen and oxygen atoms in total. The van der Waals surface area contributed by atoms with Gasteiger partial charge in [-0.15, -0.1) is 0 Å². The molecule has 0 aliphatic heterocycles. The van der Waals surface area contributed by atoms with Crippen molar-refractivity contribution in [2.45, 2.75) is 51.9 Å². The number of hydrogen-bond donors (Lipinski definition) is 1. The monoisotopic (exact) mass is 218 g/mol. The van der Waals surface area contributed by atoms with Gasteiger partial charge >= 0.3 is 0 Å². The van der Waals surface area contributed by atoms with Crippen LogP contribution in [-0.2, 0) is 5.41 Å². The van der Waals surface area contributed by atoms with Crippen LogP contribution in [0.2, 0.25) is 0 Å². The summed E-state index contributed by atoms with van der Waals surface area (Å²) in [6, 6.07) is 6.15. The second-order valence-electron chi connectivity index (χ2n) is 5.54. The highest BCUT2D eigenvalue weighted by molar-refractivity contribution is 5.44. The zero-order valence-corrected chi connectivity index (χ0v) is 10.6. The summed E-state index contributed by atoms with van der Waals surface area (Å²) in [5, 5.41) is 10.2. The molecular weight excluding hydrogens is 196 g/mol. The van der Waals surface area contributed by atoms with Crippen molar-refractivity contribution in [3.8, 4) is 5.75 Å². The first-order valence-electron chi connectivity index (χ1n) is 6.35. The van der Waals surface area contributed by atoms with Gasteiger partial charge in [0.05, 0.1) is 0 Å². The van der Waals surface area contributed by atoms with Crippen LogP contribution in [-0.4, -0.2) is 5.11 Å². The molecule has 0 radical (unpaired) electrons. The van der Waals surface area contributed by atoms with E-state index in [4.69, 9.17) is 0 Å². The molecular formula is C15H22O. The first-order valence-corrected chi connectivity index (χ1v) is 6.35. The Morgan fingerprint density at radius 3 is 2.75 bits per heavy atom. The normalized spacial score (nSPS) is 30.3. The number of rotatable bonds is 1. The summed E-state index contributed by atoms with van der Waals surface area (Å²) in [4.78, 5) is 0. The summed E-state index contributed by atoms with van der Waals surface area (Å²) in [7, 11) is 0. The Morgan fingerprint density at radius 2 is 2.06 bits per heavy atom. The van der Waals surface area contributed by atoms with Crippen LogP contribution in [0.3, 0.4) is 0 Å². The van der Waals surface area contributed by atoms with Crippen molar-refractivity contribution in [1.29, 1.82) is 0 Å². The largest absolute Gasteiger partial charge is 0.507 e. The van der Waals surface area contributed by atoms with Crippen molar-refractivity contribution < 1.29 is 5.11 Å². The number of phenolic OH excluding ortho intramolecular Hbond substituents is 1. The SMILES string of the molecule is Cc1cccc(C2(C)CCCCC2C)c1O. The van der Waals surface area contributed by atoms with Gasteiger partial charge in [-0.05, 0) is 36.7 Å². The Balaban J connectivity index is 2.45. The molecule has 0 aromatic heterocycles. The molecule has 1 aromatic carbocycles. The summed E-state index contributed by atoms with van der Waals surface area (Å²) in [6.07, 6.45) is 5.10. The fourth-order valence-electron chi connectivity index (χ4n) is 3.03. The predicted octanol–water partition coefficient (Wildman–Crippen LogP) is 4.17. The molecule has 1 heteroatoms. The average molecular weight is 218 g/mol. The van der Waals surface area contributed by atoms with Gasteiger partial charge in [-0.1, -0.05) is 44.9 Å². The van der Waals surface area contributed by atoms with Crippen molar-refractivity contribution >= 4 is 0 Å². The van der Waals surface area contributed by atoms with Gasteiger partial charge in [0, 0.05) is 5.56 Å². The highest BCUT2D eigenvalue weighted by Gasteiger charge is 2.37. The number of phenols is 1. The first kappa shape index (κ1) is 11.5. The second-order valence-corrected chi connectivity index (χ2v) is 5.54. The molecule has 0 bridgehead atoms. The van der Waals surface area contributed by atoms with E-state index in [-0.39, 0.29) is 5.41 Å². The maximum absolute atomic E-state index is 10.2. The maximum atomic E-state index is 10.2. The Labute approximate surface area is 98.5 Å². The Kier molecular flexibility index (Phi) is 2.96. The summed E-state index contributed by atoms with van der Waals surface area (Å²) >= 11 is 0. The summed E-state index contributed by atoms with van der Waals surface area (Å²) < 4.78 is 0. The van der Waals surface area contributed by atoms with Gasteiger partial charge in [0.25, 0.3) is 0 Å². The first-order chi connectivity index (χ1) is 7.55. The van der Waals surface area contributed by atoms with E-state index in [1.165, 1.54) is 25.7 Å². The molecule has 2 unspecified atom stereocenters. The van der Waals surface area contributed by atoms with Gasteiger partial charge in [-0.2, -0.15) is 0 Å². The van der Waals surface area contributed by atoms with E-state index in [2.05, 4.69) is 26.0 Å². The highest BCUT2D eigenvalue weighted by atomic mass is 16.3. The minimum atomic E-state index is 0.161. The lowest BCUT2D eigenvalue weighted by Gasteiger charge is -2.40. The van der Waals surface area contributed by atoms with Crippen LogP contribution in [0.5, 0.6) is 5.75 Å².